The number of hydrogen-bond donors (Lipinski definition) is 1. The van der Waals surface area contributed by atoms with Gasteiger partial charge in [0, 0.05) is 10.9 Å². The van der Waals surface area contributed by atoms with Crippen LogP contribution in [0.25, 0.3) is 17.0 Å². The van der Waals surface area contributed by atoms with E-state index in [-0.39, 0.29) is 22.8 Å². The molecule has 1 heterocycles. The number of pyridine rings is 1. The van der Waals surface area contributed by atoms with E-state index < -0.39 is 5.97 Å². The van der Waals surface area contributed by atoms with E-state index >= 15 is 0 Å². The van der Waals surface area contributed by atoms with E-state index in [0.717, 1.165) is 0 Å². The summed E-state index contributed by atoms with van der Waals surface area (Å²) in [6, 6.07) is 7.12. The fourth-order valence-corrected chi connectivity index (χ4v) is 1.95. The molecule has 0 unspecified atom stereocenters. The second-order valence-corrected chi connectivity index (χ2v) is 4.45. The Hall–Kier alpha value is -2.36. The van der Waals surface area contributed by atoms with E-state index in [1.165, 1.54) is 6.08 Å². The number of hydrogen-bond acceptors (Lipinski definition) is 3. The number of carbonyl (C=O) groups excluding carboxylic acids is 1. The highest BCUT2D eigenvalue weighted by molar-refractivity contribution is 6.06. The van der Waals surface area contributed by atoms with Crippen LogP contribution in [0.1, 0.15) is 29.8 Å². The average Bonchev–Trinajstić information content (AvgIpc) is 2.36. The molecular formula is C15H15NO3. The Morgan fingerprint density at radius 3 is 2.68 bits per heavy atom. The number of H-pyrrole nitrogens is 1. The molecule has 4 nitrogen and oxygen atoms in total. The summed E-state index contributed by atoms with van der Waals surface area (Å²) in [7, 11) is 0. The van der Waals surface area contributed by atoms with Crippen molar-refractivity contribution in [3.05, 3.63) is 52.3 Å². The average molecular weight is 257 g/mol. The second kappa shape index (κ2) is 5.10. The zero-order valence-electron chi connectivity index (χ0n) is 10.9. The van der Waals surface area contributed by atoms with Crippen molar-refractivity contribution in [3.63, 3.8) is 0 Å². The van der Waals surface area contributed by atoms with Gasteiger partial charge in [-0.3, -0.25) is 4.79 Å². The molecule has 2 rings (SSSR count). The highest BCUT2D eigenvalue weighted by Gasteiger charge is 2.19. The van der Waals surface area contributed by atoms with Gasteiger partial charge in [-0.15, -0.1) is 0 Å². The van der Waals surface area contributed by atoms with E-state index in [1.807, 2.05) is 0 Å². The molecule has 0 spiro atoms. The number of rotatable bonds is 3. The Labute approximate surface area is 110 Å². The van der Waals surface area contributed by atoms with Crippen LogP contribution in [0.15, 0.2) is 35.6 Å². The molecule has 0 saturated carbocycles. The molecule has 1 aromatic heterocycles. The Morgan fingerprint density at radius 1 is 1.37 bits per heavy atom. The van der Waals surface area contributed by atoms with E-state index in [4.69, 9.17) is 4.74 Å². The molecule has 0 atom stereocenters. The third kappa shape index (κ3) is 2.42. The second-order valence-electron chi connectivity index (χ2n) is 4.45. The number of aromatic amines is 1. The molecule has 0 bridgehead atoms. The predicted molar refractivity (Wildman–Crippen MR) is 75.2 cm³/mol. The van der Waals surface area contributed by atoms with Gasteiger partial charge in [-0.05, 0) is 19.9 Å². The molecule has 0 fully saturated rings. The molecule has 4 heteroatoms. The summed E-state index contributed by atoms with van der Waals surface area (Å²) in [5, 5.41) is 0.655. The standard InChI is InChI=1S/C15H15NO3/c1-4-10-13(15(18)19-9(2)3)11-7-5-6-8-12(11)16-14(10)17/h4-9H,1H2,2-3H3,(H,16,17). The minimum atomic E-state index is -0.507. The normalized spacial score (nSPS) is 10.7. The monoisotopic (exact) mass is 257 g/mol. The van der Waals surface area contributed by atoms with Gasteiger partial charge < -0.3 is 9.72 Å². The first-order chi connectivity index (χ1) is 9.04. The molecule has 0 aliphatic heterocycles. The number of ether oxygens (including phenoxy) is 1. The molecule has 0 aliphatic carbocycles. The molecule has 1 N–H and O–H groups in total. The molecule has 19 heavy (non-hydrogen) atoms. The smallest absolute Gasteiger partial charge is 0.339 e. The number of benzene rings is 1. The summed E-state index contributed by atoms with van der Waals surface area (Å²) in [4.78, 5) is 26.8. The highest BCUT2D eigenvalue weighted by Crippen LogP contribution is 2.20. The summed E-state index contributed by atoms with van der Waals surface area (Å²) in [6.45, 7) is 7.12. The van der Waals surface area contributed by atoms with Crippen molar-refractivity contribution >= 4 is 22.9 Å². The Morgan fingerprint density at radius 2 is 2.05 bits per heavy atom. The Balaban J connectivity index is 2.78. The van der Waals surface area contributed by atoms with Gasteiger partial charge in [0.2, 0.25) is 0 Å². The molecule has 0 aliphatic rings. The van der Waals surface area contributed by atoms with E-state index in [1.54, 1.807) is 38.1 Å². The quantitative estimate of drug-likeness (QED) is 0.860. The molecule has 0 radical (unpaired) electrons. The van der Waals surface area contributed by atoms with Crippen LogP contribution >= 0.6 is 0 Å². The number of aromatic nitrogens is 1. The van der Waals surface area contributed by atoms with Crippen LogP contribution in [0.4, 0.5) is 0 Å². The van der Waals surface area contributed by atoms with Crippen molar-refractivity contribution in [2.75, 3.05) is 0 Å². The van der Waals surface area contributed by atoms with Crippen LogP contribution < -0.4 is 5.56 Å². The maximum absolute atomic E-state index is 12.2. The fraction of sp³-hybridized carbons (Fsp3) is 0.200. The van der Waals surface area contributed by atoms with Gasteiger partial charge >= 0.3 is 5.97 Å². The molecule has 0 amide bonds. The summed E-state index contributed by atoms with van der Waals surface area (Å²) >= 11 is 0. The van der Waals surface area contributed by atoms with Crippen LogP contribution in [0.5, 0.6) is 0 Å². The minimum absolute atomic E-state index is 0.240. The van der Waals surface area contributed by atoms with Gasteiger partial charge in [0.25, 0.3) is 5.56 Å². The fourth-order valence-electron chi connectivity index (χ4n) is 1.95. The first-order valence-electron chi connectivity index (χ1n) is 6.03. The Bertz CT molecular complexity index is 698. The lowest BCUT2D eigenvalue weighted by atomic mass is 10.0. The first-order valence-corrected chi connectivity index (χ1v) is 6.03. The van der Waals surface area contributed by atoms with E-state index in [2.05, 4.69) is 11.6 Å². The van der Waals surface area contributed by atoms with Crippen molar-refractivity contribution in [1.82, 2.24) is 4.98 Å². The lowest BCUT2D eigenvalue weighted by Gasteiger charge is -2.12. The van der Waals surface area contributed by atoms with Crippen molar-refractivity contribution in [2.24, 2.45) is 0 Å². The van der Waals surface area contributed by atoms with Crippen molar-refractivity contribution in [3.8, 4) is 0 Å². The summed E-state index contributed by atoms with van der Waals surface area (Å²) < 4.78 is 5.20. The maximum Gasteiger partial charge on any atom is 0.339 e. The number of esters is 1. The number of fused-ring (bicyclic) bond motifs is 1. The first kappa shape index (κ1) is 13.1. The van der Waals surface area contributed by atoms with Gasteiger partial charge in [-0.25, -0.2) is 4.79 Å². The third-order valence-corrected chi connectivity index (χ3v) is 2.71. The summed E-state index contributed by atoms with van der Waals surface area (Å²) in [5.41, 5.74) is 0.769. The maximum atomic E-state index is 12.2. The van der Waals surface area contributed by atoms with E-state index in [9.17, 15) is 9.59 Å². The van der Waals surface area contributed by atoms with Crippen LogP contribution in [0.2, 0.25) is 0 Å². The van der Waals surface area contributed by atoms with Crippen molar-refractivity contribution < 1.29 is 9.53 Å². The predicted octanol–water partition coefficient (Wildman–Crippen LogP) is 2.74. The Kier molecular flexibility index (Phi) is 3.51. The van der Waals surface area contributed by atoms with Crippen LogP contribution in [0.3, 0.4) is 0 Å². The summed E-state index contributed by atoms with van der Waals surface area (Å²) in [6.07, 6.45) is 1.13. The SMILES string of the molecule is C=Cc1c(C(=O)OC(C)C)c2ccccc2[nH]c1=O. The topological polar surface area (TPSA) is 59.2 Å². The third-order valence-electron chi connectivity index (χ3n) is 2.71. The molecule has 0 saturated heterocycles. The zero-order chi connectivity index (χ0) is 14.0. The van der Waals surface area contributed by atoms with Crippen LogP contribution in [-0.2, 0) is 4.74 Å². The van der Waals surface area contributed by atoms with Crippen molar-refractivity contribution in [1.29, 1.82) is 0 Å². The lowest BCUT2D eigenvalue weighted by molar-refractivity contribution is 0.0380. The molecule has 2 aromatic rings. The van der Waals surface area contributed by atoms with E-state index in [0.29, 0.717) is 10.9 Å². The molecule has 1 aromatic carbocycles. The van der Waals surface area contributed by atoms with Crippen LogP contribution in [0, 0.1) is 0 Å². The minimum Gasteiger partial charge on any atom is -0.459 e. The van der Waals surface area contributed by atoms with Gasteiger partial charge in [0.1, 0.15) is 0 Å². The van der Waals surface area contributed by atoms with Gasteiger partial charge in [-0.1, -0.05) is 30.9 Å². The summed E-state index contributed by atoms with van der Waals surface area (Å²) in [5.74, 6) is -0.507. The molecular weight excluding hydrogens is 242 g/mol. The van der Waals surface area contributed by atoms with Gasteiger partial charge in [0.15, 0.2) is 0 Å². The molecule has 98 valence electrons. The lowest BCUT2D eigenvalue weighted by Crippen LogP contribution is -2.20. The van der Waals surface area contributed by atoms with Crippen molar-refractivity contribution in [2.45, 2.75) is 20.0 Å². The van der Waals surface area contributed by atoms with Gasteiger partial charge in [-0.2, -0.15) is 0 Å². The largest absolute Gasteiger partial charge is 0.459 e. The van der Waals surface area contributed by atoms with Gasteiger partial charge in [0.05, 0.1) is 17.2 Å². The number of carbonyl (C=O) groups is 1. The highest BCUT2D eigenvalue weighted by atomic mass is 16.5. The van der Waals surface area contributed by atoms with Crippen LogP contribution in [-0.4, -0.2) is 17.1 Å². The number of para-hydroxylation sites is 1. The number of nitrogens with one attached hydrogen (secondary N) is 1. The zero-order valence-corrected chi connectivity index (χ0v) is 10.9.